The Balaban J connectivity index is 0.00000225. The summed E-state index contributed by atoms with van der Waals surface area (Å²) in [6.45, 7) is 7.42. The Morgan fingerprint density at radius 1 is 1.04 bits per heavy atom. The van der Waals surface area contributed by atoms with Crippen molar-refractivity contribution in [2.45, 2.75) is 64.6 Å². The van der Waals surface area contributed by atoms with Gasteiger partial charge in [0.1, 0.15) is 0 Å². The molecule has 2 heterocycles. The van der Waals surface area contributed by atoms with E-state index in [1.165, 1.54) is 56.2 Å². The summed E-state index contributed by atoms with van der Waals surface area (Å²) in [5.74, 6) is 0.718. The minimum absolute atomic E-state index is 0. The van der Waals surface area contributed by atoms with Crippen molar-refractivity contribution in [1.82, 2.24) is 9.80 Å². The molecule has 2 saturated heterocycles. The molecule has 0 saturated carbocycles. The Hall–Kier alpha value is -0.820. The van der Waals surface area contributed by atoms with E-state index in [0.29, 0.717) is 12.6 Å². The molecule has 1 aromatic carbocycles. The maximum Gasteiger partial charge on any atom is 0.191 e. The van der Waals surface area contributed by atoms with Crippen LogP contribution in [0.15, 0.2) is 29.3 Å². The minimum atomic E-state index is 0. The first-order valence-electron chi connectivity index (χ1n) is 9.60. The van der Waals surface area contributed by atoms with Crippen LogP contribution in [0, 0.1) is 0 Å². The third-order valence-corrected chi connectivity index (χ3v) is 5.52. The molecule has 2 aliphatic rings. The van der Waals surface area contributed by atoms with E-state index in [1.807, 2.05) is 0 Å². The van der Waals surface area contributed by atoms with Gasteiger partial charge in [0.15, 0.2) is 5.96 Å². The molecule has 1 aromatic rings. The number of benzene rings is 1. The molecule has 5 heteroatoms. The van der Waals surface area contributed by atoms with Crippen LogP contribution < -0.4 is 5.73 Å². The van der Waals surface area contributed by atoms with E-state index in [0.717, 1.165) is 25.6 Å². The standard InChI is InChI=1S/C20H32N4.HI/c1-17-9-5-8-14-24(17)16-19-11-4-3-10-18(19)15-22-20(21)23-12-6-2-7-13-23;/h3-4,10-11,17H,2,5-9,12-16H2,1H3,(H2,21,22);1H. The van der Waals surface area contributed by atoms with Gasteiger partial charge in [-0.25, -0.2) is 4.99 Å². The molecule has 4 nitrogen and oxygen atoms in total. The number of aliphatic imine (C=N–C) groups is 1. The summed E-state index contributed by atoms with van der Waals surface area (Å²) in [4.78, 5) is 9.54. The van der Waals surface area contributed by atoms with E-state index >= 15 is 0 Å². The van der Waals surface area contributed by atoms with Crippen molar-refractivity contribution >= 4 is 29.9 Å². The van der Waals surface area contributed by atoms with Gasteiger partial charge >= 0.3 is 0 Å². The van der Waals surface area contributed by atoms with Crippen LogP contribution in [0.3, 0.4) is 0 Å². The van der Waals surface area contributed by atoms with E-state index < -0.39 is 0 Å². The summed E-state index contributed by atoms with van der Waals surface area (Å²) in [6.07, 6.45) is 7.81. The fraction of sp³-hybridized carbons (Fsp3) is 0.650. The molecule has 0 bridgehead atoms. The van der Waals surface area contributed by atoms with Gasteiger partial charge in [-0.15, -0.1) is 24.0 Å². The largest absolute Gasteiger partial charge is 0.370 e. The summed E-state index contributed by atoms with van der Waals surface area (Å²) in [7, 11) is 0. The topological polar surface area (TPSA) is 44.9 Å². The van der Waals surface area contributed by atoms with E-state index in [9.17, 15) is 0 Å². The molecule has 2 aliphatic heterocycles. The average molecular weight is 456 g/mol. The minimum Gasteiger partial charge on any atom is -0.370 e. The third kappa shape index (κ3) is 5.84. The Morgan fingerprint density at radius 2 is 1.72 bits per heavy atom. The van der Waals surface area contributed by atoms with Crippen molar-refractivity contribution in [3.63, 3.8) is 0 Å². The Morgan fingerprint density at radius 3 is 2.44 bits per heavy atom. The number of rotatable bonds is 4. The van der Waals surface area contributed by atoms with Crippen LogP contribution in [0.1, 0.15) is 56.6 Å². The molecular formula is C20H33IN4. The molecule has 0 aliphatic carbocycles. The smallest absolute Gasteiger partial charge is 0.191 e. The Kier molecular flexibility index (Phi) is 8.49. The molecule has 0 amide bonds. The number of guanidine groups is 1. The maximum absolute atomic E-state index is 6.22. The van der Waals surface area contributed by atoms with Gasteiger partial charge in [0.2, 0.25) is 0 Å². The van der Waals surface area contributed by atoms with Crippen LogP contribution in [-0.2, 0) is 13.1 Å². The summed E-state index contributed by atoms with van der Waals surface area (Å²) >= 11 is 0. The number of hydrogen-bond donors (Lipinski definition) is 1. The van der Waals surface area contributed by atoms with Crippen molar-refractivity contribution in [1.29, 1.82) is 0 Å². The van der Waals surface area contributed by atoms with E-state index in [1.54, 1.807) is 0 Å². The first-order chi connectivity index (χ1) is 11.7. The van der Waals surface area contributed by atoms with Crippen LogP contribution in [0.5, 0.6) is 0 Å². The van der Waals surface area contributed by atoms with Crippen molar-refractivity contribution in [3.8, 4) is 0 Å². The van der Waals surface area contributed by atoms with Crippen LogP contribution >= 0.6 is 24.0 Å². The quantitative estimate of drug-likeness (QED) is 0.424. The second kappa shape index (κ2) is 10.4. The number of nitrogens with two attached hydrogens (primary N) is 1. The average Bonchev–Trinajstić information content (AvgIpc) is 2.63. The SMILES string of the molecule is CC1CCCCN1Cc1ccccc1CN=C(N)N1CCCCC1.I. The van der Waals surface area contributed by atoms with Crippen molar-refractivity contribution < 1.29 is 0 Å². The lowest BCUT2D eigenvalue weighted by atomic mass is 10.0. The molecule has 1 unspecified atom stereocenters. The summed E-state index contributed by atoms with van der Waals surface area (Å²) in [5, 5.41) is 0. The molecule has 2 fully saturated rings. The van der Waals surface area contributed by atoms with Gasteiger partial charge in [-0.1, -0.05) is 30.7 Å². The van der Waals surface area contributed by atoms with Crippen LogP contribution in [-0.4, -0.2) is 41.4 Å². The summed E-state index contributed by atoms with van der Waals surface area (Å²) in [5.41, 5.74) is 8.94. The van der Waals surface area contributed by atoms with Gasteiger partial charge in [-0.2, -0.15) is 0 Å². The number of likely N-dealkylation sites (tertiary alicyclic amines) is 2. The zero-order valence-electron chi connectivity index (χ0n) is 15.5. The predicted molar refractivity (Wildman–Crippen MR) is 116 cm³/mol. The molecule has 1 atom stereocenters. The highest BCUT2D eigenvalue weighted by molar-refractivity contribution is 14.0. The molecule has 25 heavy (non-hydrogen) atoms. The third-order valence-electron chi connectivity index (χ3n) is 5.52. The summed E-state index contributed by atoms with van der Waals surface area (Å²) < 4.78 is 0. The number of hydrogen-bond acceptors (Lipinski definition) is 2. The van der Waals surface area contributed by atoms with Gasteiger partial charge < -0.3 is 10.6 Å². The van der Waals surface area contributed by atoms with E-state index in [-0.39, 0.29) is 24.0 Å². The zero-order chi connectivity index (χ0) is 16.8. The van der Waals surface area contributed by atoms with E-state index in [2.05, 4.69) is 41.0 Å². The van der Waals surface area contributed by atoms with Crippen molar-refractivity contribution in [2.24, 2.45) is 10.7 Å². The zero-order valence-corrected chi connectivity index (χ0v) is 17.8. The molecule has 3 rings (SSSR count). The predicted octanol–water partition coefficient (Wildman–Crippen LogP) is 3.98. The van der Waals surface area contributed by atoms with Gasteiger partial charge in [0.25, 0.3) is 0 Å². The number of piperidine rings is 2. The molecule has 0 spiro atoms. The maximum atomic E-state index is 6.22. The van der Waals surface area contributed by atoms with Crippen molar-refractivity contribution in [2.75, 3.05) is 19.6 Å². The van der Waals surface area contributed by atoms with Gasteiger partial charge in [-0.3, -0.25) is 4.90 Å². The van der Waals surface area contributed by atoms with Crippen LogP contribution in [0.2, 0.25) is 0 Å². The number of halogens is 1. The highest BCUT2D eigenvalue weighted by Gasteiger charge is 2.19. The van der Waals surface area contributed by atoms with Gasteiger partial charge in [0.05, 0.1) is 6.54 Å². The first kappa shape index (κ1) is 20.5. The Bertz CT molecular complexity index is 554. The Labute approximate surface area is 169 Å². The van der Waals surface area contributed by atoms with Crippen molar-refractivity contribution in [3.05, 3.63) is 35.4 Å². The lowest BCUT2D eigenvalue weighted by molar-refractivity contribution is 0.152. The van der Waals surface area contributed by atoms with Gasteiger partial charge in [-0.05, 0) is 56.7 Å². The highest BCUT2D eigenvalue weighted by atomic mass is 127. The fourth-order valence-corrected chi connectivity index (χ4v) is 3.87. The fourth-order valence-electron chi connectivity index (χ4n) is 3.87. The number of nitrogens with zero attached hydrogens (tertiary/aromatic N) is 3. The molecule has 2 N–H and O–H groups in total. The van der Waals surface area contributed by atoms with Gasteiger partial charge in [0, 0.05) is 25.7 Å². The normalized spacial score (nSPS) is 22.5. The molecule has 0 radical (unpaired) electrons. The lowest BCUT2D eigenvalue weighted by Gasteiger charge is -2.33. The second-order valence-corrected chi connectivity index (χ2v) is 7.31. The first-order valence-corrected chi connectivity index (χ1v) is 9.60. The summed E-state index contributed by atoms with van der Waals surface area (Å²) in [6, 6.07) is 9.41. The van der Waals surface area contributed by atoms with Crippen LogP contribution in [0.4, 0.5) is 0 Å². The molecule has 0 aromatic heterocycles. The molecular weight excluding hydrogens is 423 g/mol. The molecule has 140 valence electrons. The second-order valence-electron chi connectivity index (χ2n) is 7.31. The van der Waals surface area contributed by atoms with E-state index in [4.69, 9.17) is 10.7 Å². The van der Waals surface area contributed by atoms with Crippen LogP contribution in [0.25, 0.3) is 0 Å². The highest BCUT2D eigenvalue weighted by Crippen LogP contribution is 2.21. The monoisotopic (exact) mass is 456 g/mol. The lowest BCUT2D eigenvalue weighted by Crippen LogP contribution is -2.40.